The molecule has 2 heterocycles. The number of nitrogens with two attached hydrogens (primary N) is 1. The van der Waals surface area contributed by atoms with Gasteiger partial charge < -0.3 is 10.2 Å². The van der Waals surface area contributed by atoms with Crippen LogP contribution in [-0.2, 0) is 4.79 Å². The molecule has 98 valence electrons. The average Bonchev–Trinajstić information content (AvgIpc) is 2.84. The maximum absolute atomic E-state index is 11.8. The molecule has 2 rings (SSSR count). The Labute approximate surface area is 106 Å². The molecule has 1 amide bonds. The van der Waals surface area contributed by atoms with E-state index in [0.717, 1.165) is 25.9 Å². The molecule has 0 saturated carbocycles. The lowest BCUT2D eigenvalue weighted by Gasteiger charge is -2.30. The number of carbonyl (C=O) groups excluding carboxylic acids is 2. The summed E-state index contributed by atoms with van der Waals surface area (Å²) in [4.78, 5) is 24.7. The molecular formula is C13H18N2O3. The number of piperidine rings is 1. The molecule has 1 aromatic heterocycles. The van der Waals surface area contributed by atoms with Crippen LogP contribution < -0.4 is 5.73 Å². The first-order valence-corrected chi connectivity index (χ1v) is 6.22. The Kier molecular flexibility index (Phi) is 4.15. The van der Waals surface area contributed by atoms with Crippen LogP contribution in [0.1, 0.15) is 29.8 Å². The van der Waals surface area contributed by atoms with Crippen LogP contribution in [0.4, 0.5) is 0 Å². The van der Waals surface area contributed by atoms with Gasteiger partial charge in [0.1, 0.15) is 0 Å². The zero-order chi connectivity index (χ0) is 13.0. The first-order valence-electron chi connectivity index (χ1n) is 6.22. The molecule has 0 spiro atoms. The summed E-state index contributed by atoms with van der Waals surface area (Å²) in [6.07, 6.45) is 3.81. The molecular weight excluding hydrogens is 232 g/mol. The number of ketones is 1. The van der Waals surface area contributed by atoms with Crippen molar-refractivity contribution in [1.82, 2.24) is 4.90 Å². The SMILES string of the molecule is NC(=O)CC1CCN(CC(=O)c2ccco2)CC1. The molecule has 0 unspecified atom stereocenters. The van der Waals surface area contributed by atoms with E-state index in [1.165, 1.54) is 6.26 Å². The van der Waals surface area contributed by atoms with Crippen LogP contribution in [0.15, 0.2) is 22.8 Å². The predicted octanol–water partition coefficient (Wildman–Crippen LogP) is 1.05. The minimum atomic E-state index is -0.236. The second-order valence-electron chi connectivity index (χ2n) is 4.79. The average molecular weight is 250 g/mol. The van der Waals surface area contributed by atoms with Crippen LogP contribution in [0.5, 0.6) is 0 Å². The highest BCUT2D eigenvalue weighted by molar-refractivity contribution is 5.95. The number of furan rings is 1. The first kappa shape index (κ1) is 12.8. The number of Topliss-reactive ketones (excluding diaryl/α,β-unsaturated/α-hetero) is 1. The van der Waals surface area contributed by atoms with Gasteiger partial charge in [-0.05, 0) is 44.0 Å². The van der Waals surface area contributed by atoms with E-state index in [2.05, 4.69) is 4.90 Å². The second kappa shape index (κ2) is 5.82. The second-order valence-corrected chi connectivity index (χ2v) is 4.79. The normalized spacial score (nSPS) is 17.8. The Morgan fingerprint density at radius 2 is 2.11 bits per heavy atom. The molecule has 0 radical (unpaired) electrons. The van der Waals surface area contributed by atoms with E-state index < -0.39 is 0 Å². The lowest BCUT2D eigenvalue weighted by Crippen LogP contribution is -2.38. The van der Waals surface area contributed by atoms with Gasteiger partial charge in [-0.3, -0.25) is 14.5 Å². The third-order valence-corrected chi connectivity index (χ3v) is 3.36. The highest BCUT2D eigenvalue weighted by Crippen LogP contribution is 2.20. The van der Waals surface area contributed by atoms with Crippen molar-refractivity contribution in [2.45, 2.75) is 19.3 Å². The Hall–Kier alpha value is -1.62. The summed E-state index contributed by atoms with van der Waals surface area (Å²) < 4.78 is 5.07. The zero-order valence-electron chi connectivity index (χ0n) is 10.3. The maximum Gasteiger partial charge on any atom is 0.217 e. The number of likely N-dealkylation sites (tertiary alicyclic amines) is 1. The molecule has 5 nitrogen and oxygen atoms in total. The topological polar surface area (TPSA) is 76.5 Å². The highest BCUT2D eigenvalue weighted by Gasteiger charge is 2.22. The summed E-state index contributed by atoms with van der Waals surface area (Å²) in [5, 5.41) is 0. The lowest BCUT2D eigenvalue weighted by atomic mass is 9.93. The summed E-state index contributed by atoms with van der Waals surface area (Å²) in [5.41, 5.74) is 5.18. The van der Waals surface area contributed by atoms with Crippen molar-refractivity contribution in [3.8, 4) is 0 Å². The molecule has 1 aliphatic rings. The van der Waals surface area contributed by atoms with Crippen molar-refractivity contribution in [3.05, 3.63) is 24.2 Å². The van der Waals surface area contributed by atoms with Crippen molar-refractivity contribution in [3.63, 3.8) is 0 Å². The molecule has 2 N–H and O–H groups in total. The fraction of sp³-hybridized carbons (Fsp3) is 0.538. The molecule has 0 bridgehead atoms. The fourth-order valence-corrected chi connectivity index (χ4v) is 2.35. The van der Waals surface area contributed by atoms with Gasteiger partial charge in [-0.2, -0.15) is 0 Å². The van der Waals surface area contributed by atoms with Crippen molar-refractivity contribution in [1.29, 1.82) is 0 Å². The van der Waals surface area contributed by atoms with Gasteiger partial charge in [0, 0.05) is 6.42 Å². The van der Waals surface area contributed by atoms with E-state index in [9.17, 15) is 9.59 Å². The third kappa shape index (κ3) is 3.43. The quantitative estimate of drug-likeness (QED) is 0.792. The van der Waals surface area contributed by atoms with E-state index in [1.807, 2.05) is 0 Å². The summed E-state index contributed by atoms with van der Waals surface area (Å²) in [6, 6.07) is 3.40. The van der Waals surface area contributed by atoms with Gasteiger partial charge in [-0.15, -0.1) is 0 Å². The number of rotatable bonds is 5. The minimum absolute atomic E-state index is 0.00773. The van der Waals surface area contributed by atoms with Crippen molar-refractivity contribution in [2.75, 3.05) is 19.6 Å². The van der Waals surface area contributed by atoms with E-state index in [-0.39, 0.29) is 11.7 Å². The van der Waals surface area contributed by atoms with Crippen LogP contribution in [0.3, 0.4) is 0 Å². The van der Waals surface area contributed by atoms with E-state index in [0.29, 0.717) is 24.6 Å². The fourth-order valence-electron chi connectivity index (χ4n) is 2.35. The molecule has 5 heteroatoms. The van der Waals surface area contributed by atoms with Gasteiger partial charge in [0.15, 0.2) is 5.76 Å². The van der Waals surface area contributed by atoms with Crippen molar-refractivity contribution >= 4 is 11.7 Å². The molecule has 0 aromatic carbocycles. The van der Waals surface area contributed by atoms with E-state index in [4.69, 9.17) is 10.2 Å². The van der Waals surface area contributed by atoms with Gasteiger partial charge in [0.25, 0.3) is 0 Å². The van der Waals surface area contributed by atoms with Crippen LogP contribution in [0, 0.1) is 5.92 Å². The maximum atomic E-state index is 11.8. The van der Waals surface area contributed by atoms with Gasteiger partial charge >= 0.3 is 0 Å². The van der Waals surface area contributed by atoms with Crippen LogP contribution in [-0.4, -0.2) is 36.2 Å². The molecule has 1 fully saturated rings. The van der Waals surface area contributed by atoms with Crippen molar-refractivity contribution in [2.24, 2.45) is 11.7 Å². The van der Waals surface area contributed by atoms with Crippen LogP contribution in [0.25, 0.3) is 0 Å². The minimum Gasteiger partial charge on any atom is -0.461 e. The Morgan fingerprint density at radius 3 is 2.67 bits per heavy atom. The predicted molar refractivity (Wildman–Crippen MR) is 66.0 cm³/mol. The number of amides is 1. The molecule has 1 saturated heterocycles. The van der Waals surface area contributed by atoms with Gasteiger partial charge in [0.2, 0.25) is 11.7 Å². The molecule has 0 atom stereocenters. The molecule has 1 aliphatic heterocycles. The first-order chi connectivity index (χ1) is 8.65. The van der Waals surface area contributed by atoms with Crippen LogP contribution >= 0.6 is 0 Å². The smallest absolute Gasteiger partial charge is 0.217 e. The molecule has 1 aromatic rings. The highest BCUT2D eigenvalue weighted by atomic mass is 16.3. The Bertz CT molecular complexity index is 406. The molecule has 18 heavy (non-hydrogen) atoms. The van der Waals surface area contributed by atoms with E-state index in [1.54, 1.807) is 12.1 Å². The van der Waals surface area contributed by atoms with Crippen molar-refractivity contribution < 1.29 is 14.0 Å². The summed E-state index contributed by atoms with van der Waals surface area (Å²) in [6.45, 7) is 2.06. The number of hydrogen-bond acceptors (Lipinski definition) is 4. The third-order valence-electron chi connectivity index (χ3n) is 3.36. The number of hydrogen-bond donors (Lipinski definition) is 1. The standard InChI is InChI=1S/C13H18N2O3/c14-13(17)8-10-3-5-15(6-4-10)9-11(16)12-2-1-7-18-12/h1-2,7,10H,3-6,8-9H2,(H2,14,17). The number of primary amides is 1. The van der Waals surface area contributed by atoms with Gasteiger partial charge in [0.05, 0.1) is 12.8 Å². The molecule has 0 aliphatic carbocycles. The van der Waals surface area contributed by atoms with Crippen LogP contribution in [0.2, 0.25) is 0 Å². The number of carbonyl (C=O) groups is 2. The summed E-state index contributed by atoms with van der Waals surface area (Å²) in [7, 11) is 0. The van der Waals surface area contributed by atoms with E-state index >= 15 is 0 Å². The van der Waals surface area contributed by atoms with Gasteiger partial charge in [-0.25, -0.2) is 0 Å². The van der Waals surface area contributed by atoms with Gasteiger partial charge in [-0.1, -0.05) is 0 Å². The summed E-state index contributed by atoms with van der Waals surface area (Å²) in [5.74, 6) is 0.556. The lowest BCUT2D eigenvalue weighted by molar-refractivity contribution is -0.119. The summed E-state index contributed by atoms with van der Waals surface area (Å²) >= 11 is 0. The monoisotopic (exact) mass is 250 g/mol. The zero-order valence-corrected chi connectivity index (χ0v) is 10.3. The Balaban J connectivity index is 1.77. The number of nitrogens with zero attached hydrogens (tertiary/aromatic N) is 1. The largest absolute Gasteiger partial charge is 0.461 e. The Morgan fingerprint density at radius 1 is 1.39 bits per heavy atom.